The van der Waals surface area contributed by atoms with E-state index in [1.54, 1.807) is 4.90 Å². The molecule has 2 aliphatic heterocycles. The Labute approximate surface area is 116 Å². The van der Waals surface area contributed by atoms with Crippen molar-refractivity contribution >= 4 is 28.7 Å². The molecule has 4 nitrogen and oxygen atoms in total. The first-order valence-corrected chi connectivity index (χ1v) is 7.62. The van der Waals surface area contributed by atoms with E-state index in [0.717, 1.165) is 30.3 Å². The summed E-state index contributed by atoms with van der Waals surface area (Å²) in [5.41, 5.74) is 0.205. The molecule has 0 saturated carbocycles. The molecule has 0 aromatic heterocycles. The number of rotatable bonds is 1. The van der Waals surface area contributed by atoms with Crippen LogP contribution in [0.1, 0.15) is 33.1 Å². The van der Waals surface area contributed by atoms with Crippen molar-refractivity contribution in [2.45, 2.75) is 44.8 Å². The lowest BCUT2D eigenvalue weighted by Crippen LogP contribution is -2.48. The molecule has 98 valence electrons. The molecule has 2 saturated heterocycles. The Hall–Kier alpha value is -0.0400. The van der Waals surface area contributed by atoms with Gasteiger partial charge in [-0.05, 0) is 33.1 Å². The summed E-state index contributed by atoms with van der Waals surface area (Å²) in [4.78, 5) is 12.6. The van der Waals surface area contributed by atoms with Crippen LogP contribution in [0.15, 0.2) is 0 Å². The molecule has 0 aliphatic carbocycles. The second kappa shape index (κ2) is 4.57. The fourth-order valence-electron chi connectivity index (χ4n) is 3.30. The summed E-state index contributed by atoms with van der Waals surface area (Å²) in [7, 11) is 0. The van der Waals surface area contributed by atoms with Crippen molar-refractivity contribution in [1.29, 1.82) is 0 Å². The predicted octanol–water partition coefficient (Wildman–Crippen LogP) is 2.75. The lowest BCUT2D eigenvalue weighted by Gasteiger charge is -2.42. The summed E-state index contributed by atoms with van der Waals surface area (Å²) in [6.45, 7) is 5.62. The molecule has 0 aromatic carbocycles. The summed E-state index contributed by atoms with van der Waals surface area (Å²) in [5, 5.41) is 9.08. The van der Waals surface area contributed by atoms with E-state index < -0.39 is 6.09 Å². The third kappa shape index (κ3) is 2.54. The highest BCUT2D eigenvalue weighted by Gasteiger charge is 2.49. The molecule has 1 spiro atoms. The van der Waals surface area contributed by atoms with Gasteiger partial charge in [0.05, 0.1) is 12.2 Å². The molecule has 0 bridgehead atoms. The number of amides is 1. The molecule has 2 aliphatic rings. The second-order valence-electron chi connectivity index (χ2n) is 5.83. The van der Waals surface area contributed by atoms with E-state index >= 15 is 0 Å². The zero-order chi connectivity index (χ0) is 12.7. The number of halogens is 1. The van der Waals surface area contributed by atoms with E-state index in [9.17, 15) is 4.79 Å². The maximum Gasteiger partial charge on any atom is 0.407 e. The van der Waals surface area contributed by atoms with Crippen LogP contribution >= 0.6 is 22.6 Å². The molecule has 1 N–H and O–H groups in total. The van der Waals surface area contributed by atoms with Crippen LogP contribution in [0.2, 0.25) is 0 Å². The van der Waals surface area contributed by atoms with Gasteiger partial charge in [-0.25, -0.2) is 4.79 Å². The number of carboxylic acid groups (broad SMARTS) is 1. The second-order valence-corrected chi connectivity index (χ2v) is 6.59. The van der Waals surface area contributed by atoms with Gasteiger partial charge in [0.25, 0.3) is 0 Å². The van der Waals surface area contributed by atoms with Crippen LogP contribution in [-0.2, 0) is 4.74 Å². The fraction of sp³-hybridized carbons (Fsp3) is 0.917. The van der Waals surface area contributed by atoms with Crippen LogP contribution in [0.4, 0.5) is 4.79 Å². The van der Waals surface area contributed by atoms with E-state index in [1.807, 2.05) is 6.92 Å². The van der Waals surface area contributed by atoms with E-state index in [0.29, 0.717) is 6.54 Å². The van der Waals surface area contributed by atoms with Crippen LogP contribution in [0, 0.1) is 5.41 Å². The number of carbonyl (C=O) groups is 1. The van der Waals surface area contributed by atoms with E-state index in [4.69, 9.17) is 9.84 Å². The largest absolute Gasteiger partial charge is 0.465 e. The van der Waals surface area contributed by atoms with Crippen molar-refractivity contribution in [2.75, 3.05) is 17.6 Å². The quantitative estimate of drug-likeness (QED) is 0.583. The van der Waals surface area contributed by atoms with Gasteiger partial charge in [-0.1, -0.05) is 22.6 Å². The van der Waals surface area contributed by atoms with Crippen molar-refractivity contribution in [2.24, 2.45) is 5.41 Å². The van der Waals surface area contributed by atoms with Crippen molar-refractivity contribution < 1.29 is 14.6 Å². The topological polar surface area (TPSA) is 49.8 Å². The Bertz CT molecular complexity index is 325. The minimum Gasteiger partial charge on any atom is -0.465 e. The predicted molar refractivity (Wildman–Crippen MR) is 73.7 cm³/mol. The van der Waals surface area contributed by atoms with Gasteiger partial charge in [-0.2, -0.15) is 0 Å². The van der Waals surface area contributed by atoms with Gasteiger partial charge in [-0.3, -0.25) is 0 Å². The maximum atomic E-state index is 11.0. The third-order valence-corrected chi connectivity index (χ3v) is 5.76. The van der Waals surface area contributed by atoms with Crippen molar-refractivity contribution in [3.05, 3.63) is 0 Å². The van der Waals surface area contributed by atoms with Crippen LogP contribution in [0.25, 0.3) is 0 Å². The molecule has 1 unspecified atom stereocenters. The molecule has 3 atom stereocenters. The molecule has 1 amide bonds. The highest BCUT2D eigenvalue weighted by molar-refractivity contribution is 14.1. The van der Waals surface area contributed by atoms with Crippen LogP contribution in [0.3, 0.4) is 0 Å². The molecule has 0 radical (unpaired) electrons. The first kappa shape index (κ1) is 13.4. The Morgan fingerprint density at radius 3 is 2.82 bits per heavy atom. The lowest BCUT2D eigenvalue weighted by atomic mass is 9.72. The Kier molecular flexibility index (Phi) is 3.60. The van der Waals surface area contributed by atoms with Crippen molar-refractivity contribution in [1.82, 2.24) is 4.90 Å². The van der Waals surface area contributed by atoms with Gasteiger partial charge >= 0.3 is 6.09 Å². The number of nitrogens with zero attached hydrogens (tertiary/aromatic N) is 1. The normalized spacial score (nSPS) is 42.1. The fourth-order valence-corrected chi connectivity index (χ4v) is 3.79. The molecular formula is C12H20INO3. The molecule has 5 heteroatoms. The SMILES string of the molecule is C[C@@H]1C[C@@]2(CCN1C(=O)O)COC(C)(CI)C2. The number of hydrogen-bond acceptors (Lipinski definition) is 2. The smallest absolute Gasteiger partial charge is 0.407 e. The number of likely N-dealkylation sites (tertiary alicyclic amines) is 1. The van der Waals surface area contributed by atoms with Gasteiger partial charge in [0, 0.05) is 22.4 Å². The average Bonchev–Trinajstić information content (AvgIpc) is 2.57. The molecule has 2 heterocycles. The monoisotopic (exact) mass is 353 g/mol. The number of piperidine rings is 1. The lowest BCUT2D eigenvalue weighted by molar-refractivity contribution is 0.0220. The first-order valence-electron chi connectivity index (χ1n) is 6.09. The van der Waals surface area contributed by atoms with E-state index in [1.165, 1.54) is 0 Å². The molecule has 17 heavy (non-hydrogen) atoms. The standard InChI is InChI=1S/C12H20INO3/c1-9-5-12(3-4-14(9)10(15)16)6-11(2,7-13)17-8-12/h9H,3-8H2,1-2H3,(H,15,16)/t9-,11?,12-/m1/s1. The van der Waals surface area contributed by atoms with Crippen LogP contribution < -0.4 is 0 Å². The Morgan fingerprint density at radius 1 is 1.65 bits per heavy atom. The third-order valence-electron chi connectivity index (χ3n) is 4.15. The molecule has 2 rings (SSSR count). The summed E-state index contributed by atoms with van der Waals surface area (Å²) in [6, 6.07) is 0.112. The molecule has 0 aromatic rings. The number of hydrogen-bond donors (Lipinski definition) is 1. The van der Waals surface area contributed by atoms with Crippen molar-refractivity contribution in [3.63, 3.8) is 0 Å². The highest BCUT2D eigenvalue weighted by Crippen LogP contribution is 2.48. The van der Waals surface area contributed by atoms with Crippen LogP contribution in [0.5, 0.6) is 0 Å². The van der Waals surface area contributed by atoms with Gasteiger partial charge in [0.15, 0.2) is 0 Å². The Balaban J connectivity index is 2.05. The van der Waals surface area contributed by atoms with Gasteiger partial charge in [0.1, 0.15) is 0 Å². The first-order chi connectivity index (χ1) is 7.90. The summed E-state index contributed by atoms with van der Waals surface area (Å²) in [6.07, 6.45) is 2.16. The van der Waals surface area contributed by atoms with E-state index in [2.05, 4.69) is 29.5 Å². The van der Waals surface area contributed by atoms with Gasteiger partial charge in [0.2, 0.25) is 0 Å². The zero-order valence-corrected chi connectivity index (χ0v) is 12.6. The maximum absolute atomic E-state index is 11.0. The zero-order valence-electron chi connectivity index (χ0n) is 10.4. The van der Waals surface area contributed by atoms with Crippen LogP contribution in [-0.4, -0.2) is 45.3 Å². The van der Waals surface area contributed by atoms with Gasteiger partial charge in [-0.15, -0.1) is 0 Å². The number of ether oxygens (including phenoxy) is 1. The molecule has 2 fully saturated rings. The number of alkyl halides is 1. The van der Waals surface area contributed by atoms with Crippen molar-refractivity contribution in [3.8, 4) is 0 Å². The summed E-state index contributed by atoms with van der Waals surface area (Å²) >= 11 is 2.38. The summed E-state index contributed by atoms with van der Waals surface area (Å²) < 4.78 is 6.96. The Morgan fingerprint density at radius 2 is 2.35 bits per heavy atom. The summed E-state index contributed by atoms with van der Waals surface area (Å²) in [5.74, 6) is 0. The molecular weight excluding hydrogens is 333 g/mol. The van der Waals surface area contributed by atoms with Gasteiger partial charge < -0.3 is 14.7 Å². The average molecular weight is 353 g/mol. The highest BCUT2D eigenvalue weighted by atomic mass is 127. The minimum absolute atomic E-state index is 0.00826. The minimum atomic E-state index is -0.789. The van der Waals surface area contributed by atoms with E-state index in [-0.39, 0.29) is 17.1 Å².